The van der Waals surface area contributed by atoms with Crippen molar-refractivity contribution >= 4 is 60.8 Å². The smallest absolute Gasteiger partial charge is 0.337 e. The molecule has 0 spiro atoms. The molecule has 0 radical (unpaired) electrons. The van der Waals surface area contributed by atoms with Crippen LogP contribution in [0.15, 0.2) is 38.6 Å². The molecule has 0 saturated carbocycles. The fourth-order valence-electron chi connectivity index (χ4n) is 1.44. The van der Waals surface area contributed by atoms with E-state index in [2.05, 4.69) is 37.2 Å². The Morgan fingerprint density at radius 1 is 1.21 bits per heavy atom. The molecule has 7 heteroatoms. The van der Waals surface area contributed by atoms with Gasteiger partial charge in [0.15, 0.2) is 0 Å². The number of carbonyl (C=O) groups excluding carboxylic acids is 1. The molecule has 0 saturated heterocycles. The first-order valence-electron chi connectivity index (χ1n) is 5.06. The van der Waals surface area contributed by atoms with Crippen LogP contribution in [0.2, 0.25) is 0 Å². The second kappa shape index (κ2) is 5.85. The number of benzene rings is 1. The Morgan fingerprint density at radius 2 is 1.95 bits per heavy atom. The molecule has 19 heavy (non-hydrogen) atoms. The lowest BCUT2D eigenvalue weighted by Gasteiger charge is -2.08. The van der Waals surface area contributed by atoms with E-state index < -0.39 is 5.97 Å². The van der Waals surface area contributed by atoms with E-state index in [1.54, 1.807) is 23.6 Å². The molecule has 0 atom stereocenters. The topological polar surface area (TPSA) is 66.4 Å². The van der Waals surface area contributed by atoms with E-state index in [1.165, 1.54) is 17.4 Å². The van der Waals surface area contributed by atoms with Gasteiger partial charge in [-0.15, -0.1) is 11.3 Å². The normalized spacial score (nSPS) is 10.2. The summed E-state index contributed by atoms with van der Waals surface area (Å²) < 4.78 is 1.37. The molecular weight excluding hydrogens is 398 g/mol. The van der Waals surface area contributed by atoms with Gasteiger partial charge in [0.1, 0.15) is 4.88 Å². The number of hydrogen-bond donors (Lipinski definition) is 2. The highest BCUT2D eigenvalue weighted by Crippen LogP contribution is 2.26. The largest absolute Gasteiger partial charge is 0.478 e. The number of rotatable bonds is 3. The highest BCUT2D eigenvalue weighted by Gasteiger charge is 2.16. The van der Waals surface area contributed by atoms with E-state index in [0.717, 1.165) is 0 Å². The van der Waals surface area contributed by atoms with Gasteiger partial charge in [-0.1, -0.05) is 15.9 Å². The number of hydrogen-bond acceptors (Lipinski definition) is 3. The molecule has 2 aromatic rings. The van der Waals surface area contributed by atoms with Crippen molar-refractivity contribution < 1.29 is 14.7 Å². The number of carbonyl (C=O) groups is 2. The van der Waals surface area contributed by atoms with Gasteiger partial charge in [0.05, 0.1) is 11.3 Å². The van der Waals surface area contributed by atoms with Crippen molar-refractivity contribution in [1.82, 2.24) is 0 Å². The number of amides is 1. The SMILES string of the molecule is O=C(O)c1ccc(Br)cc1NC(=O)c1sccc1Br. The molecule has 1 aromatic carbocycles. The maximum Gasteiger partial charge on any atom is 0.337 e. The van der Waals surface area contributed by atoms with Crippen molar-refractivity contribution in [3.8, 4) is 0 Å². The Labute approximate surface area is 129 Å². The van der Waals surface area contributed by atoms with E-state index in [0.29, 0.717) is 13.8 Å². The van der Waals surface area contributed by atoms with Crippen molar-refractivity contribution in [2.24, 2.45) is 0 Å². The highest BCUT2D eigenvalue weighted by molar-refractivity contribution is 9.10. The van der Waals surface area contributed by atoms with Crippen LogP contribution >= 0.6 is 43.2 Å². The van der Waals surface area contributed by atoms with Gasteiger partial charge in [-0.3, -0.25) is 4.79 Å². The molecule has 1 amide bonds. The number of anilines is 1. The second-order valence-corrected chi connectivity index (χ2v) is 6.23. The van der Waals surface area contributed by atoms with E-state index in [9.17, 15) is 9.59 Å². The zero-order valence-corrected chi connectivity index (χ0v) is 13.3. The van der Waals surface area contributed by atoms with Crippen molar-refractivity contribution in [2.45, 2.75) is 0 Å². The number of carboxylic acids is 1. The molecule has 2 rings (SSSR count). The standard InChI is InChI=1S/C12H7Br2NO3S/c13-6-1-2-7(12(17)18)9(5-6)15-11(16)10-8(14)3-4-19-10/h1-5H,(H,15,16)(H,17,18). The summed E-state index contributed by atoms with van der Waals surface area (Å²) in [5.41, 5.74) is 0.302. The van der Waals surface area contributed by atoms with Crippen LogP contribution in [0.3, 0.4) is 0 Å². The molecule has 0 unspecified atom stereocenters. The number of nitrogens with one attached hydrogen (secondary N) is 1. The highest BCUT2D eigenvalue weighted by atomic mass is 79.9. The van der Waals surface area contributed by atoms with Gasteiger partial charge in [0.25, 0.3) is 5.91 Å². The molecule has 1 aromatic heterocycles. The maximum absolute atomic E-state index is 12.0. The van der Waals surface area contributed by atoms with Gasteiger partial charge in [-0.25, -0.2) is 4.79 Å². The Hall–Kier alpha value is -1.18. The molecule has 0 aliphatic heterocycles. The van der Waals surface area contributed by atoms with E-state index in [4.69, 9.17) is 5.11 Å². The molecule has 98 valence electrons. The van der Waals surface area contributed by atoms with Gasteiger partial charge in [0.2, 0.25) is 0 Å². The predicted molar refractivity (Wildman–Crippen MR) is 81.1 cm³/mol. The van der Waals surface area contributed by atoms with Gasteiger partial charge < -0.3 is 10.4 Å². The van der Waals surface area contributed by atoms with Crippen molar-refractivity contribution in [3.63, 3.8) is 0 Å². The number of halogens is 2. The molecule has 0 aliphatic carbocycles. The van der Waals surface area contributed by atoms with Crippen molar-refractivity contribution in [3.05, 3.63) is 49.0 Å². The van der Waals surface area contributed by atoms with Crippen LogP contribution in [-0.2, 0) is 0 Å². The van der Waals surface area contributed by atoms with Gasteiger partial charge in [0, 0.05) is 8.95 Å². The summed E-state index contributed by atoms with van der Waals surface area (Å²) in [6.45, 7) is 0. The first-order valence-corrected chi connectivity index (χ1v) is 7.53. The van der Waals surface area contributed by atoms with Crippen LogP contribution in [-0.4, -0.2) is 17.0 Å². The maximum atomic E-state index is 12.0. The summed E-state index contributed by atoms with van der Waals surface area (Å²) in [6, 6.07) is 6.37. The number of thiophene rings is 1. The van der Waals surface area contributed by atoms with E-state index >= 15 is 0 Å². The summed E-state index contributed by atoms with van der Waals surface area (Å²) in [6.07, 6.45) is 0. The predicted octanol–water partition coefficient (Wildman–Crippen LogP) is 4.22. The lowest BCUT2D eigenvalue weighted by molar-refractivity contribution is 0.0698. The van der Waals surface area contributed by atoms with E-state index in [1.807, 2.05) is 0 Å². The van der Waals surface area contributed by atoms with Crippen LogP contribution in [0, 0.1) is 0 Å². The molecule has 0 aliphatic rings. The quantitative estimate of drug-likeness (QED) is 0.804. The molecule has 0 fully saturated rings. The second-order valence-electron chi connectivity index (χ2n) is 3.55. The first-order chi connectivity index (χ1) is 8.99. The summed E-state index contributed by atoms with van der Waals surface area (Å²) in [7, 11) is 0. The zero-order valence-electron chi connectivity index (χ0n) is 9.31. The molecule has 0 bridgehead atoms. The number of carboxylic acid groups (broad SMARTS) is 1. The van der Waals surface area contributed by atoms with Crippen LogP contribution in [0.25, 0.3) is 0 Å². The van der Waals surface area contributed by atoms with Crippen LogP contribution in [0.4, 0.5) is 5.69 Å². The Morgan fingerprint density at radius 3 is 2.53 bits per heavy atom. The Bertz CT molecular complexity index is 654. The van der Waals surface area contributed by atoms with Gasteiger partial charge >= 0.3 is 5.97 Å². The molecular formula is C12H7Br2NO3S. The zero-order chi connectivity index (χ0) is 14.0. The Balaban J connectivity index is 2.33. The molecule has 1 heterocycles. The summed E-state index contributed by atoms with van der Waals surface area (Å²) in [4.78, 5) is 23.6. The monoisotopic (exact) mass is 403 g/mol. The molecule has 2 N–H and O–H groups in total. The summed E-state index contributed by atoms with van der Waals surface area (Å²) in [5, 5.41) is 13.5. The third-order valence-corrected chi connectivity index (χ3v) is 4.61. The summed E-state index contributed by atoms with van der Waals surface area (Å²) in [5.74, 6) is -1.43. The average Bonchev–Trinajstić information content (AvgIpc) is 2.75. The summed E-state index contributed by atoms with van der Waals surface area (Å²) >= 11 is 7.79. The first kappa shape index (κ1) is 14.2. The third kappa shape index (κ3) is 3.23. The van der Waals surface area contributed by atoms with Crippen LogP contribution < -0.4 is 5.32 Å². The van der Waals surface area contributed by atoms with Gasteiger partial charge in [-0.05, 0) is 45.6 Å². The fraction of sp³-hybridized carbons (Fsp3) is 0. The average molecular weight is 405 g/mol. The minimum Gasteiger partial charge on any atom is -0.478 e. The van der Waals surface area contributed by atoms with Crippen molar-refractivity contribution in [1.29, 1.82) is 0 Å². The lowest BCUT2D eigenvalue weighted by Crippen LogP contribution is -2.14. The minimum atomic E-state index is -1.09. The number of aromatic carboxylic acids is 1. The van der Waals surface area contributed by atoms with E-state index in [-0.39, 0.29) is 17.2 Å². The minimum absolute atomic E-state index is 0.0456. The van der Waals surface area contributed by atoms with Crippen molar-refractivity contribution in [2.75, 3.05) is 5.32 Å². The van der Waals surface area contributed by atoms with Crippen LogP contribution in [0.5, 0.6) is 0 Å². The molecule has 4 nitrogen and oxygen atoms in total. The van der Waals surface area contributed by atoms with Crippen LogP contribution in [0.1, 0.15) is 20.0 Å². The lowest BCUT2D eigenvalue weighted by atomic mass is 10.2. The third-order valence-electron chi connectivity index (χ3n) is 2.28. The van der Waals surface area contributed by atoms with Gasteiger partial charge in [-0.2, -0.15) is 0 Å². The fourth-order valence-corrected chi connectivity index (χ4v) is 3.25. The Kier molecular flexibility index (Phi) is 4.38.